The molecule has 1 aromatic rings. The number of ether oxygens (including phenoxy) is 1. The van der Waals surface area contributed by atoms with E-state index in [-0.39, 0.29) is 11.8 Å². The maximum absolute atomic E-state index is 11.1. The summed E-state index contributed by atoms with van der Waals surface area (Å²) in [5, 5.41) is 19.5. The first-order valence-electron chi connectivity index (χ1n) is 7.08. The third-order valence-electron chi connectivity index (χ3n) is 4.32. The van der Waals surface area contributed by atoms with Crippen molar-refractivity contribution in [2.45, 2.75) is 44.6 Å². The van der Waals surface area contributed by atoms with Gasteiger partial charge in [-0.15, -0.1) is 0 Å². The van der Waals surface area contributed by atoms with E-state index in [1.165, 1.54) is 0 Å². The Hall–Kier alpha value is -1.55. The van der Waals surface area contributed by atoms with Crippen LogP contribution in [-0.2, 0) is 4.79 Å². The third-order valence-corrected chi connectivity index (χ3v) is 4.32. The Bertz CT molecular complexity index is 446. The van der Waals surface area contributed by atoms with E-state index in [1.54, 1.807) is 7.11 Å². The van der Waals surface area contributed by atoms with Gasteiger partial charge in [0.05, 0.1) is 19.6 Å². The van der Waals surface area contributed by atoms with Gasteiger partial charge in [0, 0.05) is 0 Å². The summed E-state index contributed by atoms with van der Waals surface area (Å²) in [5.74, 6) is -0.0177. The fraction of sp³-hybridized carbons (Fsp3) is 0.562. The standard InChI is InChI=1S/C16H22O4/c1-20-13-6-4-12(5-7-13)14(17)10-16(11-15(18)19)8-2-3-9-16/h4-7,14,17H,2-3,8-11H2,1H3,(H,18,19). The van der Waals surface area contributed by atoms with Gasteiger partial charge in [-0.05, 0) is 42.4 Å². The number of aliphatic carboxylic acids is 1. The highest BCUT2D eigenvalue weighted by Crippen LogP contribution is 2.47. The maximum Gasteiger partial charge on any atom is 0.303 e. The van der Waals surface area contributed by atoms with Crippen LogP contribution in [0.4, 0.5) is 0 Å². The van der Waals surface area contributed by atoms with Crippen LogP contribution in [0.3, 0.4) is 0 Å². The summed E-state index contributed by atoms with van der Waals surface area (Å²) >= 11 is 0. The molecule has 2 rings (SSSR count). The number of carboxylic acid groups (broad SMARTS) is 1. The number of benzene rings is 1. The van der Waals surface area contributed by atoms with Crippen molar-refractivity contribution in [2.24, 2.45) is 5.41 Å². The number of carbonyl (C=O) groups is 1. The van der Waals surface area contributed by atoms with Gasteiger partial charge in [-0.2, -0.15) is 0 Å². The summed E-state index contributed by atoms with van der Waals surface area (Å²) < 4.78 is 5.10. The van der Waals surface area contributed by atoms with Crippen LogP contribution in [0.25, 0.3) is 0 Å². The predicted molar refractivity (Wildman–Crippen MR) is 75.7 cm³/mol. The highest BCUT2D eigenvalue weighted by atomic mass is 16.5. The summed E-state index contributed by atoms with van der Waals surface area (Å²) in [4.78, 5) is 11.1. The molecule has 0 aliphatic heterocycles. The van der Waals surface area contributed by atoms with Crippen LogP contribution in [0, 0.1) is 5.41 Å². The fourth-order valence-electron chi connectivity index (χ4n) is 3.25. The van der Waals surface area contributed by atoms with Crippen LogP contribution in [-0.4, -0.2) is 23.3 Å². The van der Waals surface area contributed by atoms with Crippen molar-refractivity contribution in [1.29, 1.82) is 0 Å². The van der Waals surface area contributed by atoms with Crippen molar-refractivity contribution in [3.63, 3.8) is 0 Å². The van der Waals surface area contributed by atoms with Crippen LogP contribution >= 0.6 is 0 Å². The molecular formula is C16H22O4. The SMILES string of the molecule is COc1ccc(C(O)CC2(CC(=O)O)CCCC2)cc1. The Morgan fingerprint density at radius 1 is 1.30 bits per heavy atom. The molecule has 20 heavy (non-hydrogen) atoms. The molecular weight excluding hydrogens is 256 g/mol. The average Bonchev–Trinajstić information content (AvgIpc) is 2.86. The molecule has 1 saturated carbocycles. The first kappa shape index (κ1) is 14.9. The van der Waals surface area contributed by atoms with Gasteiger partial charge in [-0.3, -0.25) is 4.79 Å². The molecule has 4 nitrogen and oxygen atoms in total. The zero-order valence-electron chi connectivity index (χ0n) is 11.8. The van der Waals surface area contributed by atoms with Crippen LogP contribution in [0.1, 0.15) is 50.2 Å². The molecule has 0 bridgehead atoms. The number of hydrogen-bond donors (Lipinski definition) is 2. The molecule has 1 fully saturated rings. The molecule has 1 atom stereocenters. The van der Waals surface area contributed by atoms with Crippen molar-refractivity contribution in [3.8, 4) is 5.75 Å². The second-order valence-corrected chi connectivity index (χ2v) is 5.77. The van der Waals surface area contributed by atoms with Crippen molar-refractivity contribution in [1.82, 2.24) is 0 Å². The normalized spacial score (nSPS) is 18.7. The number of rotatable bonds is 6. The predicted octanol–water partition coefficient (Wildman–Crippen LogP) is 3.15. The van der Waals surface area contributed by atoms with Gasteiger partial charge in [0.15, 0.2) is 0 Å². The van der Waals surface area contributed by atoms with Gasteiger partial charge < -0.3 is 14.9 Å². The van der Waals surface area contributed by atoms with Gasteiger partial charge in [-0.1, -0.05) is 25.0 Å². The van der Waals surface area contributed by atoms with Crippen molar-refractivity contribution in [2.75, 3.05) is 7.11 Å². The molecule has 0 heterocycles. The highest BCUT2D eigenvalue weighted by Gasteiger charge is 2.37. The molecule has 0 amide bonds. The van der Waals surface area contributed by atoms with E-state index < -0.39 is 12.1 Å². The Morgan fingerprint density at radius 3 is 2.40 bits per heavy atom. The highest BCUT2D eigenvalue weighted by molar-refractivity contribution is 5.67. The Kier molecular flexibility index (Phi) is 4.65. The van der Waals surface area contributed by atoms with Gasteiger partial charge in [0.25, 0.3) is 0 Å². The summed E-state index contributed by atoms with van der Waals surface area (Å²) in [7, 11) is 1.60. The van der Waals surface area contributed by atoms with E-state index in [2.05, 4.69) is 0 Å². The number of hydrogen-bond acceptors (Lipinski definition) is 3. The van der Waals surface area contributed by atoms with E-state index in [0.29, 0.717) is 6.42 Å². The van der Waals surface area contributed by atoms with Gasteiger partial charge in [-0.25, -0.2) is 0 Å². The van der Waals surface area contributed by atoms with E-state index >= 15 is 0 Å². The van der Waals surface area contributed by atoms with E-state index in [1.807, 2.05) is 24.3 Å². The number of aliphatic hydroxyl groups is 1. The second kappa shape index (κ2) is 6.27. The maximum atomic E-state index is 11.1. The summed E-state index contributed by atoms with van der Waals surface area (Å²) in [5.41, 5.74) is 0.577. The molecule has 0 radical (unpaired) electrons. The quantitative estimate of drug-likeness (QED) is 0.839. The number of methoxy groups -OCH3 is 1. The van der Waals surface area contributed by atoms with Crippen molar-refractivity contribution in [3.05, 3.63) is 29.8 Å². The lowest BCUT2D eigenvalue weighted by atomic mass is 9.76. The van der Waals surface area contributed by atoms with Crippen molar-refractivity contribution >= 4 is 5.97 Å². The summed E-state index contributed by atoms with van der Waals surface area (Å²) in [6, 6.07) is 7.31. The minimum atomic E-state index is -0.770. The van der Waals surface area contributed by atoms with E-state index in [9.17, 15) is 9.90 Å². The van der Waals surface area contributed by atoms with Crippen LogP contribution in [0.15, 0.2) is 24.3 Å². The lowest BCUT2D eigenvalue weighted by molar-refractivity contribution is -0.140. The molecule has 0 spiro atoms. The second-order valence-electron chi connectivity index (χ2n) is 5.77. The lowest BCUT2D eigenvalue weighted by Gasteiger charge is -2.29. The first-order chi connectivity index (χ1) is 9.54. The Balaban J connectivity index is 2.07. The molecule has 1 aromatic carbocycles. The zero-order chi connectivity index (χ0) is 14.6. The topological polar surface area (TPSA) is 66.8 Å². The number of carboxylic acids is 1. The average molecular weight is 278 g/mol. The lowest BCUT2D eigenvalue weighted by Crippen LogP contribution is -2.23. The smallest absolute Gasteiger partial charge is 0.303 e. The van der Waals surface area contributed by atoms with Gasteiger partial charge in [0.1, 0.15) is 5.75 Å². The molecule has 110 valence electrons. The Labute approximate surface area is 119 Å². The fourth-order valence-corrected chi connectivity index (χ4v) is 3.25. The van der Waals surface area contributed by atoms with E-state index in [4.69, 9.17) is 9.84 Å². The summed E-state index contributed by atoms with van der Waals surface area (Å²) in [6.45, 7) is 0. The molecule has 1 aliphatic rings. The van der Waals surface area contributed by atoms with Crippen molar-refractivity contribution < 1.29 is 19.7 Å². The van der Waals surface area contributed by atoms with Gasteiger partial charge >= 0.3 is 5.97 Å². The summed E-state index contributed by atoms with van der Waals surface area (Å²) in [6.07, 6.45) is 3.97. The molecule has 0 saturated heterocycles. The molecule has 4 heteroatoms. The van der Waals surface area contributed by atoms with Crippen LogP contribution < -0.4 is 4.74 Å². The third kappa shape index (κ3) is 3.51. The number of aliphatic hydroxyl groups excluding tert-OH is 1. The largest absolute Gasteiger partial charge is 0.497 e. The molecule has 2 N–H and O–H groups in total. The van der Waals surface area contributed by atoms with E-state index in [0.717, 1.165) is 37.0 Å². The Morgan fingerprint density at radius 2 is 1.90 bits per heavy atom. The van der Waals surface area contributed by atoms with Gasteiger partial charge in [0.2, 0.25) is 0 Å². The molecule has 0 aromatic heterocycles. The minimum absolute atomic E-state index is 0.153. The van der Waals surface area contributed by atoms with Crippen LogP contribution in [0.5, 0.6) is 5.75 Å². The molecule has 1 unspecified atom stereocenters. The zero-order valence-corrected chi connectivity index (χ0v) is 11.8. The monoisotopic (exact) mass is 278 g/mol. The molecule has 1 aliphatic carbocycles. The first-order valence-corrected chi connectivity index (χ1v) is 7.08. The van der Waals surface area contributed by atoms with Crippen LogP contribution in [0.2, 0.25) is 0 Å². The minimum Gasteiger partial charge on any atom is -0.497 e.